The zero-order valence-electron chi connectivity index (χ0n) is 7.13. The molecule has 1 N–H and O–H groups in total. The highest BCUT2D eigenvalue weighted by molar-refractivity contribution is 6.08. The molecule has 0 atom stereocenters. The number of hydrogen-bond donors (Lipinski definition) is 1. The lowest BCUT2D eigenvalue weighted by Crippen LogP contribution is -2.10. The number of hydrogen-bond acceptors (Lipinski definition) is 1. The second-order valence-corrected chi connectivity index (χ2v) is 2.91. The van der Waals surface area contributed by atoms with Crippen LogP contribution in [0.15, 0.2) is 30.5 Å². The Bertz CT molecular complexity index is 476. The summed E-state index contributed by atoms with van der Waals surface area (Å²) in [6, 6.07) is 6.33. The minimum absolute atomic E-state index is 0.0683. The van der Waals surface area contributed by atoms with Gasteiger partial charge in [0.25, 0.3) is 0 Å². The van der Waals surface area contributed by atoms with Crippen LogP contribution in [0.4, 0.5) is 8.78 Å². The number of ketones is 1. The van der Waals surface area contributed by atoms with E-state index in [0.717, 1.165) is 0 Å². The summed E-state index contributed by atoms with van der Waals surface area (Å²) in [5.74, 6) is -1.13. The van der Waals surface area contributed by atoms with E-state index in [1.807, 2.05) is 0 Å². The predicted molar refractivity (Wildman–Crippen MR) is 48.6 cm³/mol. The summed E-state index contributed by atoms with van der Waals surface area (Å²) in [4.78, 5) is 13.9. The molecular weight excluding hydrogens is 188 g/mol. The van der Waals surface area contributed by atoms with Crippen LogP contribution in [0.2, 0.25) is 0 Å². The van der Waals surface area contributed by atoms with Gasteiger partial charge in [-0.1, -0.05) is 12.1 Å². The fourth-order valence-corrected chi connectivity index (χ4v) is 1.42. The van der Waals surface area contributed by atoms with E-state index in [-0.39, 0.29) is 5.56 Å². The molecule has 0 radical (unpaired) electrons. The highest BCUT2D eigenvalue weighted by Crippen LogP contribution is 2.19. The summed E-state index contributed by atoms with van der Waals surface area (Å²) in [6.07, 6.45) is -1.33. The molecular formula is C10H7F2NO. The molecule has 0 saturated carbocycles. The monoisotopic (exact) mass is 195 g/mol. The number of H-pyrrole nitrogens is 1. The number of carbonyl (C=O) groups is 1. The minimum Gasteiger partial charge on any atom is -0.361 e. The first kappa shape index (κ1) is 8.87. The third-order valence-corrected chi connectivity index (χ3v) is 2.06. The number of fused-ring (bicyclic) bond motifs is 1. The molecule has 2 rings (SSSR count). The molecule has 14 heavy (non-hydrogen) atoms. The third kappa shape index (κ3) is 1.28. The second-order valence-electron chi connectivity index (χ2n) is 2.91. The molecule has 4 heteroatoms. The first-order chi connectivity index (χ1) is 6.70. The van der Waals surface area contributed by atoms with Gasteiger partial charge in [-0.2, -0.15) is 0 Å². The number of alkyl halides is 2. The molecule has 0 saturated heterocycles. The van der Waals surface area contributed by atoms with Crippen LogP contribution in [0.3, 0.4) is 0 Å². The molecule has 1 heterocycles. The fourth-order valence-electron chi connectivity index (χ4n) is 1.42. The van der Waals surface area contributed by atoms with Gasteiger partial charge in [0.1, 0.15) is 0 Å². The maximum Gasteiger partial charge on any atom is 0.300 e. The molecule has 0 aliphatic heterocycles. The van der Waals surface area contributed by atoms with E-state index in [2.05, 4.69) is 4.98 Å². The molecule has 1 aromatic carbocycles. The second kappa shape index (κ2) is 3.21. The largest absolute Gasteiger partial charge is 0.361 e. The van der Waals surface area contributed by atoms with E-state index in [1.54, 1.807) is 24.4 Å². The number of Topliss-reactive ketones (excluding diaryl/α,β-unsaturated/α-hetero) is 1. The molecule has 1 aromatic heterocycles. The van der Waals surface area contributed by atoms with Crippen molar-refractivity contribution in [2.24, 2.45) is 0 Å². The van der Waals surface area contributed by atoms with Crippen molar-refractivity contribution >= 4 is 16.7 Å². The van der Waals surface area contributed by atoms with Gasteiger partial charge in [0.05, 0.1) is 0 Å². The third-order valence-electron chi connectivity index (χ3n) is 2.06. The first-order valence-corrected chi connectivity index (χ1v) is 4.08. The Morgan fingerprint density at radius 2 is 2.07 bits per heavy atom. The van der Waals surface area contributed by atoms with Crippen molar-refractivity contribution in [1.82, 2.24) is 4.98 Å². The van der Waals surface area contributed by atoms with Gasteiger partial charge in [0.2, 0.25) is 5.78 Å². The maximum absolute atomic E-state index is 12.2. The Morgan fingerprint density at radius 1 is 1.29 bits per heavy atom. The van der Waals surface area contributed by atoms with Crippen LogP contribution >= 0.6 is 0 Å². The van der Waals surface area contributed by atoms with Gasteiger partial charge < -0.3 is 4.98 Å². The normalized spacial score (nSPS) is 11.1. The van der Waals surface area contributed by atoms with Gasteiger partial charge in [0, 0.05) is 22.7 Å². The van der Waals surface area contributed by atoms with Crippen molar-refractivity contribution in [3.8, 4) is 0 Å². The van der Waals surface area contributed by atoms with Crippen LogP contribution in [0.1, 0.15) is 10.4 Å². The minimum atomic E-state index is -2.95. The lowest BCUT2D eigenvalue weighted by molar-refractivity contribution is 0.0680. The van der Waals surface area contributed by atoms with Crippen molar-refractivity contribution in [1.29, 1.82) is 0 Å². The van der Waals surface area contributed by atoms with Crippen molar-refractivity contribution in [3.63, 3.8) is 0 Å². The molecule has 2 nitrogen and oxygen atoms in total. The summed E-state index contributed by atoms with van der Waals surface area (Å²) in [5, 5.41) is 0.540. The summed E-state index contributed by atoms with van der Waals surface area (Å²) in [5.41, 5.74) is 0.759. The summed E-state index contributed by atoms with van der Waals surface area (Å²) >= 11 is 0. The number of rotatable bonds is 2. The Hall–Kier alpha value is -1.71. The van der Waals surface area contributed by atoms with Crippen LogP contribution < -0.4 is 0 Å². The number of nitrogens with one attached hydrogen (secondary N) is 1. The van der Waals surface area contributed by atoms with Gasteiger partial charge in [-0.15, -0.1) is 0 Å². The molecule has 0 aliphatic carbocycles. The van der Waals surface area contributed by atoms with Crippen LogP contribution in [0, 0.1) is 0 Å². The molecule has 0 fully saturated rings. The van der Waals surface area contributed by atoms with Crippen LogP contribution in [0.25, 0.3) is 10.9 Å². The summed E-state index contributed by atoms with van der Waals surface area (Å²) in [6.45, 7) is 0. The Kier molecular flexibility index (Phi) is 2.04. The standard InChI is InChI=1S/C10H7F2NO/c11-10(12)9(14)7-2-1-3-8-6(7)4-5-13-8/h1-5,10,13H. The Morgan fingerprint density at radius 3 is 2.79 bits per heavy atom. The molecule has 2 aromatic rings. The van der Waals surface area contributed by atoms with E-state index in [1.165, 1.54) is 6.07 Å². The highest BCUT2D eigenvalue weighted by atomic mass is 19.3. The topological polar surface area (TPSA) is 32.9 Å². The molecule has 0 spiro atoms. The van der Waals surface area contributed by atoms with Gasteiger partial charge in [-0.3, -0.25) is 4.79 Å². The average molecular weight is 195 g/mol. The Labute approximate surface area is 78.5 Å². The lowest BCUT2D eigenvalue weighted by Gasteiger charge is -2.00. The maximum atomic E-state index is 12.2. The number of aromatic amines is 1. The summed E-state index contributed by atoms with van der Waals surface area (Å²) in [7, 11) is 0. The zero-order valence-corrected chi connectivity index (χ0v) is 7.13. The number of aromatic nitrogens is 1. The first-order valence-electron chi connectivity index (χ1n) is 4.08. The quantitative estimate of drug-likeness (QED) is 0.734. The highest BCUT2D eigenvalue weighted by Gasteiger charge is 2.19. The van der Waals surface area contributed by atoms with Crippen LogP contribution in [-0.4, -0.2) is 17.2 Å². The van der Waals surface area contributed by atoms with Crippen LogP contribution in [0.5, 0.6) is 0 Å². The number of halogens is 2. The lowest BCUT2D eigenvalue weighted by atomic mass is 10.1. The Balaban J connectivity index is 2.62. The van der Waals surface area contributed by atoms with Crippen molar-refractivity contribution in [2.75, 3.05) is 0 Å². The van der Waals surface area contributed by atoms with E-state index < -0.39 is 12.2 Å². The van der Waals surface area contributed by atoms with Crippen molar-refractivity contribution in [2.45, 2.75) is 6.43 Å². The van der Waals surface area contributed by atoms with E-state index in [0.29, 0.717) is 10.9 Å². The molecule has 72 valence electrons. The van der Waals surface area contributed by atoms with E-state index >= 15 is 0 Å². The van der Waals surface area contributed by atoms with E-state index in [9.17, 15) is 13.6 Å². The van der Waals surface area contributed by atoms with Crippen molar-refractivity contribution < 1.29 is 13.6 Å². The van der Waals surface area contributed by atoms with E-state index in [4.69, 9.17) is 0 Å². The molecule has 0 aliphatic rings. The average Bonchev–Trinajstić information content (AvgIpc) is 2.63. The summed E-state index contributed by atoms with van der Waals surface area (Å²) < 4.78 is 24.4. The zero-order chi connectivity index (χ0) is 10.1. The van der Waals surface area contributed by atoms with Gasteiger partial charge >= 0.3 is 6.43 Å². The predicted octanol–water partition coefficient (Wildman–Crippen LogP) is 2.62. The van der Waals surface area contributed by atoms with Crippen molar-refractivity contribution in [3.05, 3.63) is 36.0 Å². The van der Waals surface area contributed by atoms with Crippen LogP contribution in [-0.2, 0) is 0 Å². The molecule has 0 unspecified atom stereocenters. The van der Waals surface area contributed by atoms with Gasteiger partial charge in [-0.25, -0.2) is 8.78 Å². The molecule has 0 bridgehead atoms. The fraction of sp³-hybridized carbons (Fsp3) is 0.100. The van der Waals surface area contributed by atoms with Gasteiger partial charge in [-0.05, 0) is 12.1 Å². The number of carbonyl (C=O) groups excluding carboxylic acids is 1. The SMILES string of the molecule is O=C(c1cccc2[nH]ccc12)C(F)F. The smallest absolute Gasteiger partial charge is 0.300 e. The molecule has 0 amide bonds. The van der Waals surface area contributed by atoms with Gasteiger partial charge in [0.15, 0.2) is 0 Å². The number of benzene rings is 1.